The molecular formula is C31H26F2. The molecule has 0 nitrogen and oxygen atoms in total. The van der Waals surface area contributed by atoms with Crippen molar-refractivity contribution in [3.63, 3.8) is 0 Å². The summed E-state index contributed by atoms with van der Waals surface area (Å²) in [6.07, 6.45) is 7.55. The second-order valence-corrected chi connectivity index (χ2v) is 8.16. The van der Waals surface area contributed by atoms with Crippen molar-refractivity contribution >= 4 is 10.8 Å². The molecule has 0 aliphatic heterocycles. The fourth-order valence-corrected chi connectivity index (χ4v) is 3.85. The van der Waals surface area contributed by atoms with Crippen molar-refractivity contribution < 1.29 is 8.78 Å². The lowest BCUT2D eigenvalue weighted by Gasteiger charge is -2.08. The Morgan fingerprint density at radius 2 is 1.36 bits per heavy atom. The minimum Gasteiger partial charge on any atom is -0.207 e. The van der Waals surface area contributed by atoms with Crippen LogP contribution in [0.3, 0.4) is 0 Å². The Balaban J connectivity index is 1.46. The fourth-order valence-electron chi connectivity index (χ4n) is 3.85. The third kappa shape index (κ3) is 5.96. The maximum atomic E-state index is 15.1. The van der Waals surface area contributed by atoms with Crippen LogP contribution >= 0.6 is 0 Å². The van der Waals surface area contributed by atoms with Gasteiger partial charge in [0, 0.05) is 16.5 Å². The molecule has 0 fully saturated rings. The van der Waals surface area contributed by atoms with Gasteiger partial charge in [0.25, 0.3) is 0 Å². The van der Waals surface area contributed by atoms with E-state index in [0.717, 1.165) is 34.9 Å². The van der Waals surface area contributed by atoms with Crippen LogP contribution in [0, 0.1) is 23.5 Å². The second kappa shape index (κ2) is 10.7. The van der Waals surface area contributed by atoms with Gasteiger partial charge in [0.2, 0.25) is 0 Å². The molecule has 0 spiro atoms. The normalized spacial score (nSPS) is 11.0. The van der Waals surface area contributed by atoms with Crippen molar-refractivity contribution in [1.82, 2.24) is 0 Å². The van der Waals surface area contributed by atoms with Crippen LogP contribution in [-0.4, -0.2) is 0 Å². The van der Waals surface area contributed by atoms with Crippen LogP contribution in [0.4, 0.5) is 8.78 Å². The van der Waals surface area contributed by atoms with Gasteiger partial charge in [0.1, 0.15) is 11.6 Å². The summed E-state index contributed by atoms with van der Waals surface area (Å²) in [4.78, 5) is 0. The van der Waals surface area contributed by atoms with Crippen LogP contribution in [0.1, 0.15) is 41.2 Å². The van der Waals surface area contributed by atoms with E-state index in [0.29, 0.717) is 23.8 Å². The average Bonchev–Trinajstić information content (AvgIpc) is 2.84. The highest BCUT2D eigenvalue weighted by molar-refractivity contribution is 5.85. The maximum absolute atomic E-state index is 15.1. The van der Waals surface area contributed by atoms with Crippen molar-refractivity contribution in [2.45, 2.75) is 32.6 Å². The molecule has 0 saturated carbocycles. The number of rotatable bonds is 6. The predicted octanol–water partition coefficient (Wildman–Crippen LogP) is 7.81. The molecule has 2 heteroatoms. The lowest BCUT2D eigenvalue weighted by atomic mass is 9.99. The number of benzene rings is 4. The van der Waals surface area contributed by atoms with E-state index in [1.165, 1.54) is 17.7 Å². The van der Waals surface area contributed by atoms with E-state index in [-0.39, 0.29) is 11.6 Å². The van der Waals surface area contributed by atoms with E-state index in [2.05, 4.69) is 36.1 Å². The molecule has 0 aliphatic rings. The summed E-state index contributed by atoms with van der Waals surface area (Å²) in [6.45, 7) is 2.04. The molecule has 0 N–H and O–H groups in total. The topological polar surface area (TPSA) is 0 Å². The average molecular weight is 437 g/mol. The highest BCUT2D eigenvalue weighted by Crippen LogP contribution is 2.23. The van der Waals surface area contributed by atoms with Gasteiger partial charge >= 0.3 is 0 Å². The molecule has 4 aromatic carbocycles. The molecule has 0 atom stereocenters. The van der Waals surface area contributed by atoms with Gasteiger partial charge < -0.3 is 0 Å². The molecule has 33 heavy (non-hydrogen) atoms. The van der Waals surface area contributed by atoms with Gasteiger partial charge in [-0.1, -0.05) is 66.5 Å². The number of hydrogen-bond donors (Lipinski definition) is 0. The summed E-state index contributed by atoms with van der Waals surface area (Å²) in [7, 11) is 0. The summed E-state index contributed by atoms with van der Waals surface area (Å²) in [6, 6.07) is 24.1. The Kier molecular flexibility index (Phi) is 7.33. The van der Waals surface area contributed by atoms with Crippen LogP contribution in [-0.2, 0) is 19.3 Å². The highest BCUT2D eigenvalue weighted by atomic mass is 19.1. The van der Waals surface area contributed by atoms with Gasteiger partial charge in [-0.15, -0.1) is 0 Å². The van der Waals surface area contributed by atoms with E-state index < -0.39 is 0 Å². The zero-order valence-corrected chi connectivity index (χ0v) is 18.7. The van der Waals surface area contributed by atoms with Crippen LogP contribution in [0.15, 0.2) is 91.0 Å². The van der Waals surface area contributed by atoms with Crippen LogP contribution in [0.5, 0.6) is 0 Å². The summed E-state index contributed by atoms with van der Waals surface area (Å²) in [5.74, 6) is 5.95. The van der Waals surface area contributed by atoms with Crippen molar-refractivity contribution in [3.05, 3.63) is 130 Å². The Bertz CT molecular complexity index is 1320. The summed E-state index contributed by atoms with van der Waals surface area (Å²) >= 11 is 0. The number of allylic oxidation sites excluding steroid dienone is 2. The first-order valence-corrected chi connectivity index (χ1v) is 11.3. The third-order valence-corrected chi connectivity index (χ3v) is 5.77. The number of hydrogen-bond acceptors (Lipinski definition) is 0. The molecule has 4 aromatic rings. The number of aryl methyl sites for hydroxylation is 3. The lowest BCUT2D eigenvalue weighted by Crippen LogP contribution is -1.96. The van der Waals surface area contributed by atoms with Crippen LogP contribution in [0.25, 0.3) is 10.8 Å². The van der Waals surface area contributed by atoms with Crippen LogP contribution < -0.4 is 0 Å². The molecule has 0 unspecified atom stereocenters. The standard InChI is InChI=1S/C31H26F2/c1-2-3-4-5-23-6-8-24(9-7-23)10-11-26-15-21-30-28(22-26)18-17-27(31(30)33)16-12-25-13-19-29(32)20-14-25/h2-3,6-9,13-15,17-22H,4-5,12,16H2,1H3/b3-2+. The Hall–Kier alpha value is -3.70. The first-order valence-electron chi connectivity index (χ1n) is 11.3. The number of halogens is 2. The Morgan fingerprint density at radius 1 is 0.697 bits per heavy atom. The van der Waals surface area contributed by atoms with Crippen molar-refractivity contribution in [3.8, 4) is 11.8 Å². The minimum atomic E-state index is -0.258. The molecular weight excluding hydrogens is 410 g/mol. The molecule has 0 bridgehead atoms. The lowest BCUT2D eigenvalue weighted by molar-refractivity contribution is 0.619. The van der Waals surface area contributed by atoms with Gasteiger partial charge in [-0.25, -0.2) is 8.78 Å². The minimum absolute atomic E-state index is 0.192. The molecule has 164 valence electrons. The van der Waals surface area contributed by atoms with Gasteiger partial charge in [0.15, 0.2) is 0 Å². The molecule has 0 saturated heterocycles. The van der Waals surface area contributed by atoms with E-state index in [1.54, 1.807) is 18.2 Å². The largest absolute Gasteiger partial charge is 0.207 e. The third-order valence-electron chi connectivity index (χ3n) is 5.77. The molecule has 0 aliphatic carbocycles. The Labute approximate surface area is 194 Å². The molecule has 0 aromatic heterocycles. The van der Waals surface area contributed by atoms with Gasteiger partial charge in [-0.2, -0.15) is 0 Å². The monoisotopic (exact) mass is 436 g/mol. The highest BCUT2D eigenvalue weighted by Gasteiger charge is 2.08. The number of fused-ring (bicyclic) bond motifs is 1. The first kappa shape index (κ1) is 22.5. The van der Waals surface area contributed by atoms with Crippen molar-refractivity contribution in [1.29, 1.82) is 0 Å². The van der Waals surface area contributed by atoms with Crippen LogP contribution in [0.2, 0.25) is 0 Å². The molecule has 0 heterocycles. The van der Waals surface area contributed by atoms with Gasteiger partial charge in [-0.3, -0.25) is 0 Å². The smallest absolute Gasteiger partial charge is 0.134 e. The Morgan fingerprint density at radius 3 is 2.12 bits per heavy atom. The molecule has 0 radical (unpaired) electrons. The van der Waals surface area contributed by atoms with Crippen molar-refractivity contribution in [2.75, 3.05) is 0 Å². The SMILES string of the molecule is C/C=C/CCc1ccc(C#Cc2ccc3c(F)c(CCc4ccc(F)cc4)ccc3c2)cc1. The quantitative estimate of drug-likeness (QED) is 0.214. The predicted molar refractivity (Wildman–Crippen MR) is 133 cm³/mol. The van der Waals surface area contributed by atoms with Crippen molar-refractivity contribution in [2.24, 2.45) is 0 Å². The van der Waals surface area contributed by atoms with E-state index in [4.69, 9.17) is 0 Å². The van der Waals surface area contributed by atoms with E-state index in [9.17, 15) is 4.39 Å². The van der Waals surface area contributed by atoms with E-state index in [1.807, 2.05) is 43.3 Å². The van der Waals surface area contributed by atoms with E-state index >= 15 is 4.39 Å². The van der Waals surface area contributed by atoms with Gasteiger partial charge in [-0.05, 0) is 91.1 Å². The zero-order valence-electron chi connectivity index (χ0n) is 18.7. The summed E-state index contributed by atoms with van der Waals surface area (Å²) in [5.41, 5.74) is 4.79. The molecule has 0 amide bonds. The summed E-state index contributed by atoms with van der Waals surface area (Å²) in [5, 5.41) is 1.44. The van der Waals surface area contributed by atoms with Gasteiger partial charge in [0.05, 0.1) is 0 Å². The molecule has 4 rings (SSSR count). The summed E-state index contributed by atoms with van der Waals surface area (Å²) < 4.78 is 28.1. The first-order chi connectivity index (χ1) is 16.1. The maximum Gasteiger partial charge on any atom is 0.134 e. The second-order valence-electron chi connectivity index (χ2n) is 8.16. The zero-order chi connectivity index (χ0) is 23.0. The fraction of sp³-hybridized carbons (Fsp3) is 0.161.